The average Bonchev–Trinajstić information content (AvgIpc) is 4.09. The van der Waals surface area contributed by atoms with Gasteiger partial charge in [-0.1, -0.05) is 148 Å². The number of hydrogen-bond donors (Lipinski definition) is 0. The Labute approximate surface area is 377 Å². The highest BCUT2D eigenvalue weighted by atomic mass is 16.4. The van der Waals surface area contributed by atoms with Crippen molar-refractivity contribution in [1.82, 2.24) is 29.7 Å². The van der Waals surface area contributed by atoms with Gasteiger partial charge in [0.1, 0.15) is 22.6 Å². The van der Waals surface area contributed by atoms with Crippen LogP contribution < -0.4 is 0 Å². The van der Waals surface area contributed by atoms with Gasteiger partial charge in [-0.3, -0.25) is 9.55 Å². The maximum Gasteiger partial charge on any atom is 0.248 e. The molecule has 12 rings (SSSR count). The van der Waals surface area contributed by atoms with Crippen molar-refractivity contribution in [3.8, 4) is 62.5 Å². The van der Waals surface area contributed by atoms with Crippen LogP contribution in [0.25, 0.3) is 84.4 Å². The Hall–Kier alpha value is -8.03. The number of fused-ring (bicyclic) bond motifs is 6. The maximum absolute atomic E-state index is 6.50. The van der Waals surface area contributed by atoms with Crippen LogP contribution in [0.1, 0.15) is 49.4 Å². The maximum atomic E-state index is 6.50. The molecule has 2 unspecified atom stereocenters. The van der Waals surface area contributed by atoms with Gasteiger partial charge in [-0.25, -0.2) is 9.97 Å². The van der Waals surface area contributed by atoms with E-state index in [1.54, 1.807) is 0 Å². The molecule has 0 spiro atoms. The molecule has 0 radical (unpaired) electrons. The van der Waals surface area contributed by atoms with Gasteiger partial charge in [-0.05, 0) is 112 Å². The third kappa shape index (κ3) is 6.21. The van der Waals surface area contributed by atoms with E-state index in [0.717, 1.165) is 67.9 Å². The third-order valence-electron chi connectivity index (χ3n) is 13.3. The summed E-state index contributed by atoms with van der Waals surface area (Å²) in [6.45, 7) is 6.65. The van der Waals surface area contributed by atoms with Crippen LogP contribution in [0.4, 0.5) is 0 Å². The van der Waals surface area contributed by atoms with Gasteiger partial charge in [0, 0.05) is 34.0 Å². The highest BCUT2D eigenvalue weighted by molar-refractivity contribution is 6.09. The predicted molar refractivity (Wildman–Crippen MR) is 261 cm³/mol. The summed E-state index contributed by atoms with van der Waals surface area (Å²) in [5.74, 6) is 1.91. The molecule has 7 nitrogen and oxygen atoms in total. The van der Waals surface area contributed by atoms with E-state index in [4.69, 9.17) is 19.4 Å². The summed E-state index contributed by atoms with van der Waals surface area (Å²) in [6.07, 6.45) is 11.7. The van der Waals surface area contributed by atoms with E-state index in [-0.39, 0.29) is 11.3 Å². The van der Waals surface area contributed by atoms with E-state index < -0.39 is 5.41 Å². The number of nitrogens with zero attached hydrogens (tertiary/aromatic N) is 6. The van der Waals surface area contributed by atoms with Gasteiger partial charge in [-0.15, -0.1) is 10.2 Å². The second-order valence-electron chi connectivity index (χ2n) is 18.1. The first-order valence-electron chi connectivity index (χ1n) is 22.3. The van der Waals surface area contributed by atoms with Crippen LogP contribution in [0, 0.1) is 5.92 Å². The SMILES string of the molecule is CC(C)(C)c1ccc(-c2nnc(-c3ccc4c(c3)C(c3ccccc3)(C3C=CC=CC3)c3cc(-c5nc6c7ccccc7nc(-c7ccccn7)c6n5-c5ccccc5)ccc3-4)o2)cc1. The lowest BCUT2D eigenvalue weighted by Crippen LogP contribution is -2.35. The minimum Gasteiger partial charge on any atom is -0.416 e. The summed E-state index contributed by atoms with van der Waals surface area (Å²) in [6, 6.07) is 57.8. The largest absolute Gasteiger partial charge is 0.416 e. The van der Waals surface area contributed by atoms with Gasteiger partial charge in [-0.2, -0.15) is 0 Å². The summed E-state index contributed by atoms with van der Waals surface area (Å²) in [4.78, 5) is 15.7. The van der Waals surface area contributed by atoms with Crippen LogP contribution in [0.5, 0.6) is 0 Å². The Balaban J connectivity index is 1.09. The number of aromatic nitrogens is 6. The first kappa shape index (κ1) is 38.6. The zero-order chi connectivity index (χ0) is 43.7. The Kier molecular flexibility index (Phi) is 8.95. The molecule has 2 atom stereocenters. The van der Waals surface area contributed by atoms with Crippen molar-refractivity contribution in [3.63, 3.8) is 0 Å². The van der Waals surface area contributed by atoms with Crippen LogP contribution in [0.2, 0.25) is 0 Å². The zero-order valence-corrected chi connectivity index (χ0v) is 36.4. The Morgan fingerprint density at radius 1 is 0.631 bits per heavy atom. The smallest absolute Gasteiger partial charge is 0.248 e. The minimum absolute atomic E-state index is 0.0443. The average molecular weight is 841 g/mol. The number of para-hydroxylation sites is 2. The summed E-state index contributed by atoms with van der Waals surface area (Å²) in [5, 5.41) is 10.2. The molecular weight excluding hydrogens is 797 g/mol. The van der Waals surface area contributed by atoms with E-state index in [0.29, 0.717) is 11.8 Å². The van der Waals surface area contributed by atoms with Crippen molar-refractivity contribution in [2.24, 2.45) is 5.92 Å². The molecule has 0 amide bonds. The zero-order valence-electron chi connectivity index (χ0n) is 36.4. The van der Waals surface area contributed by atoms with Crippen molar-refractivity contribution in [3.05, 3.63) is 217 Å². The molecule has 6 aromatic carbocycles. The lowest BCUT2D eigenvalue weighted by molar-refractivity contribution is 0.457. The summed E-state index contributed by atoms with van der Waals surface area (Å²) >= 11 is 0. The molecule has 10 aromatic rings. The molecule has 0 fully saturated rings. The van der Waals surface area contributed by atoms with E-state index in [9.17, 15) is 0 Å². The second kappa shape index (κ2) is 15.1. The first-order valence-corrected chi connectivity index (χ1v) is 22.3. The van der Waals surface area contributed by atoms with Gasteiger partial charge in [0.15, 0.2) is 0 Å². The van der Waals surface area contributed by atoms with Crippen molar-refractivity contribution < 1.29 is 4.42 Å². The first-order chi connectivity index (χ1) is 31.9. The normalized spacial score (nSPS) is 16.6. The fraction of sp³-hybridized carbons (Fsp3) is 0.121. The molecule has 0 saturated heterocycles. The number of benzene rings is 6. The van der Waals surface area contributed by atoms with Crippen LogP contribution in [-0.4, -0.2) is 29.7 Å². The molecule has 312 valence electrons. The molecule has 2 aliphatic carbocycles. The quantitative estimate of drug-likeness (QED) is 0.159. The molecular formula is C58H44N6O. The summed E-state index contributed by atoms with van der Waals surface area (Å²) < 4.78 is 8.78. The highest BCUT2D eigenvalue weighted by Gasteiger charge is 2.49. The Bertz CT molecular complexity index is 3490. The molecule has 4 heterocycles. The molecule has 65 heavy (non-hydrogen) atoms. The van der Waals surface area contributed by atoms with Crippen molar-refractivity contribution in [2.45, 2.75) is 38.0 Å². The molecule has 0 N–H and O–H groups in total. The minimum atomic E-state index is -0.582. The van der Waals surface area contributed by atoms with E-state index >= 15 is 0 Å². The fourth-order valence-electron chi connectivity index (χ4n) is 10.2. The lowest BCUT2D eigenvalue weighted by atomic mass is 9.62. The fourth-order valence-corrected chi connectivity index (χ4v) is 10.2. The van der Waals surface area contributed by atoms with Gasteiger partial charge in [0.05, 0.1) is 16.6 Å². The standard InChI is InChI=1S/C58H44N6O/c1-57(2,3)40-30-26-37(27-31-40)55-62-63-56(65-55)39-29-33-45-44-32-28-38(35-47(44)58(48(45)36-39,41-17-7-4-8-18-41)42-19-9-5-10-20-42)54-61-51-46-23-13-14-24-49(46)60-52(50-25-15-16-34-59-50)53(51)64(54)43-21-11-6-12-22-43/h4-19,21-36,42H,20H2,1-3H3. The predicted octanol–water partition coefficient (Wildman–Crippen LogP) is 13.8. The number of imidazole rings is 1. The van der Waals surface area contributed by atoms with Crippen molar-refractivity contribution >= 4 is 21.9 Å². The lowest BCUT2D eigenvalue weighted by Gasteiger charge is -2.40. The van der Waals surface area contributed by atoms with Crippen molar-refractivity contribution in [2.75, 3.05) is 0 Å². The van der Waals surface area contributed by atoms with Gasteiger partial charge < -0.3 is 4.42 Å². The highest BCUT2D eigenvalue weighted by Crippen LogP contribution is 2.59. The molecule has 0 saturated carbocycles. The van der Waals surface area contributed by atoms with E-state index in [1.807, 2.05) is 30.5 Å². The Morgan fingerprint density at radius 2 is 1.29 bits per heavy atom. The van der Waals surface area contributed by atoms with Crippen molar-refractivity contribution in [1.29, 1.82) is 0 Å². The monoisotopic (exact) mass is 840 g/mol. The van der Waals surface area contributed by atoms with Crippen LogP contribution in [0.3, 0.4) is 0 Å². The number of pyridine rings is 2. The summed E-state index contributed by atoms with van der Waals surface area (Å²) in [5.41, 5.74) is 14.7. The molecule has 0 bridgehead atoms. The molecule has 0 aliphatic heterocycles. The van der Waals surface area contributed by atoms with Gasteiger partial charge in [0.25, 0.3) is 0 Å². The van der Waals surface area contributed by atoms with Gasteiger partial charge >= 0.3 is 0 Å². The summed E-state index contributed by atoms with van der Waals surface area (Å²) in [7, 11) is 0. The Morgan fingerprint density at radius 3 is 2.00 bits per heavy atom. The van der Waals surface area contributed by atoms with E-state index in [1.165, 1.54) is 33.4 Å². The molecule has 4 aromatic heterocycles. The van der Waals surface area contributed by atoms with Crippen LogP contribution in [-0.2, 0) is 10.8 Å². The third-order valence-corrected chi connectivity index (χ3v) is 13.3. The van der Waals surface area contributed by atoms with Gasteiger partial charge in [0.2, 0.25) is 11.8 Å². The van der Waals surface area contributed by atoms with Crippen LogP contribution >= 0.6 is 0 Å². The van der Waals surface area contributed by atoms with Crippen LogP contribution in [0.15, 0.2) is 199 Å². The number of hydrogen-bond acceptors (Lipinski definition) is 6. The van der Waals surface area contributed by atoms with E-state index in [2.05, 4.69) is 199 Å². The number of rotatable bonds is 7. The number of allylic oxidation sites excluding steroid dienone is 4. The topological polar surface area (TPSA) is 82.5 Å². The molecule has 7 heteroatoms. The molecule has 2 aliphatic rings. The second-order valence-corrected chi connectivity index (χ2v) is 18.1.